The normalized spacial score (nSPS) is 23.7. The number of rotatable bonds is 7. The molecule has 2 aromatic heterocycles. The van der Waals surface area contributed by atoms with Gasteiger partial charge >= 0.3 is 6.09 Å². The van der Waals surface area contributed by atoms with Crippen molar-refractivity contribution < 1.29 is 19.4 Å². The van der Waals surface area contributed by atoms with Gasteiger partial charge in [-0.15, -0.1) is 0 Å². The van der Waals surface area contributed by atoms with Crippen molar-refractivity contribution in [3.63, 3.8) is 0 Å². The molecular weight excluding hydrogens is 556 g/mol. The predicted octanol–water partition coefficient (Wildman–Crippen LogP) is 6.09. The molecule has 236 valence electrons. The van der Waals surface area contributed by atoms with Crippen molar-refractivity contribution in [2.45, 2.75) is 96.1 Å². The van der Waals surface area contributed by atoms with Crippen molar-refractivity contribution in [2.24, 2.45) is 5.92 Å². The molecule has 1 aliphatic carbocycles. The van der Waals surface area contributed by atoms with Gasteiger partial charge in [-0.25, -0.2) is 9.78 Å². The first kappa shape index (κ1) is 30.4. The molecule has 3 aliphatic rings. The van der Waals surface area contributed by atoms with E-state index in [0.717, 1.165) is 57.2 Å². The Morgan fingerprint density at radius 1 is 1.07 bits per heavy atom. The maximum absolute atomic E-state index is 12.7. The van der Waals surface area contributed by atoms with Crippen LogP contribution in [0.15, 0.2) is 42.7 Å². The monoisotopic (exact) mass is 602 g/mol. The zero-order valence-electron chi connectivity index (χ0n) is 26.2. The highest BCUT2D eigenvalue weighted by atomic mass is 16.6. The number of para-hydroxylation sites is 1. The number of likely N-dealkylation sites (tertiary alicyclic amines) is 2. The van der Waals surface area contributed by atoms with E-state index in [1.807, 2.05) is 49.7 Å². The Bertz CT molecular complexity index is 1480. The Hall–Kier alpha value is -3.63. The van der Waals surface area contributed by atoms with Crippen LogP contribution in [-0.2, 0) is 9.47 Å². The fourth-order valence-electron chi connectivity index (χ4n) is 6.58. The predicted molar refractivity (Wildman–Crippen MR) is 171 cm³/mol. The lowest BCUT2D eigenvalue weighted by Gasteiger charge is -2.47. The van der Waals surface area contributed by atoms with Crippen molar-refractivity contribution in [2.75, 3.05) is 25.4 Å². The van der Waals surface area contributed by atoms with Gasteiger partial charge in [-0.2, -0.15) is 4.98 Å². The lowest BCUT2D eigenvalue weighted by atomic mass is 9.84. The third-order valence-corrected chi connectivity index (χ3v) is 9.11. The highest BCUT2D eigenvalue weighted by Gasteiger charge is 2.39. The quantitative estimate of drug-likeness (QED) is 0.333. The highest BCUT2D eigenvalue weighted by molar-refractivity contribution is 5.70. The molecule has 10 nitrogen and oxygen atoms in total. The van der Waals surface area contributed by atoms with Crippen LogP contribution in [0.2, 0.25) is 0 Å². The van der Waals surface area contributed by atoms with Crippen molar-refractivity contribution in [3.8, 4) is 17.0 Å². The maximum atomic E-state index is 12.7. The molecule has 3 N–H and O–H groups in total. The number of nitrogen functional groups attached to an aromatic ring is 1. The van der Waals surface area contributed by atoms with Crippen LogP contribution < -0.4 is 5.73 Å². The number of nitrogens with two attached hydrogens (primary N) is 1. The Labute approximate surface area is 259 Å². The van der Waals surface area contributed by atoms with E-state index >= 15 is 0 Å². The maximum Gasteiger partial charge on any atom is 0.412 e. The summed E-state index contributed by atoms with van der Waals surface area (Å²) in [6, 6.07) is 7.72. The zero-order chi connectivity index (χ0) is 30.8. The molecule has 0 bridgehead atoms. The van der Waals surface area contributed by atoms with Crippen LogP contribution in [0.3, 0.4) is 0 Å². The number of piperidine rings is 2. The molecule has 0 radical (unpaired) electrons. The van der Waals surface area contributed by atoms with E-state index in [1.165, 1.54) is 12.8 Å². The summed E-state index contributed by atoms with van der Waals surface area (Å²) in [5, 5.41) is 10.2. The first-order chi connectivity index (χ1) is 21.1. The average molecular weight is 603 g/mol. The minimum Gasteiger partial charge on any atom is -0.507 e. The number of aromatic nitrogens is 3. The van der Waals surface area contributed by atoms with Gasteiger partial charge in [0, 0.05) is 36.1 Å². The number of allylic oxidation sites excluding steroid dienone is 1. The number of imidazole rings is 1. The molecular formula is C34H46N6O4. The number of ether oxygens (including phenoxy) is 2. The van der Waals surface area contributed by atoms with E-state index < -0.39 is 5.60 Å². The van der Waals surface area contributed by atoms with E-state index in [4.69, 9.17) is 15.2 Å². The average Bonchev–Trinajstić information content (AvgIpc) is 3.37. The topological polar surface area (TPSA) is 118 Å². The smallest absolute Gasteiger partial charge is 0.412 e. The van der Waals surface area contributed by atoms with Crippen molar-refractivity contribution >= 4 is 23.8 Å². The molecule has 1 saturated carbocycles. The number of phenols is 1. The number of hydrogen-bond acceptors (Lipinski definition) is 8. The molecule has 10 heteroatoms. The summed E-state index contributed by atoms with van der Waals surface area (Å²) in [7, 11) is 0. The SMILES string of the molecule is CC(C)(C)OC(=O)N1CCCCC1OC1CC(N2CCC(C/C=C/c3cn4cc(-c5ccccc5O)nc4nc3N)CC2)C1. The van der Waals surface area contributed by atoms with E-state index in [2.05, 4.69) is 27.0 Å². The summed E-state index contributed by atoms with van der Waals surface area (Å²) >= 11 is 0. The van der Waals surface area contributed by atoms with E-state index in [9.17, 15) is 9.90 Å². The van der Waals surface area contributed by atoms with Crippen molar-refractivity contribution in [1.29, 1.82) is 0 Å². The van der Waals surface area contributed by atoms with Crippen LogP contribution in [0.1, 0.15) is 77.7 Å². The van der Waals surface area contributed by atoms with Gasteiger partial charge in [-0.1, -0.05) is 24.3 Å². The van der Waals surface area contributed by atoms with Gasteiger partial charge < -0.3 is 25.2 Å². The van der Waals surface area contributed by atoms with Crippen LogP contribution in [0.25, 0.3) is 23.1 Å². The van der Waals surface area contributed by atoms with Crippen molar-refractivity contribution in [3.05, 3.63) is 48.3 Å². The molecule has 4 heterocycles. The number of aromatic hydroxyl groups is 1. The number of carbonyl (C=O) groups excluding carboxylic acids is 1. The molecule has 44 heavy (non-hydrogen) atoms. The highest BCUT2D eigenvalue weighted by Crippen LogP contribution is 2.35. The molecule has 1 unspecified atom stereocenters. The number of benzene rings is 1. The van der Waals surface area contributed by atoms with Crippen LogP contribution in [0, 0.1) is 5.92 Å². The summed E-state index contributed by atoms with van der Waals surface area (Å²) < 4.78 is 13.9. The molecule has 1 aromatic carbocycles. The second-order valence-electron chi connectivity index (χ2n) is 13.6. The largest absolute Gasteiger partial charge is 0.507 e. The third kappa shape index (κ3) is 7.02. The first-order valence-corrected chi connectivity index (χ1v) is 16.1. The third-order valence-electron chi connectivity index (χ3n) is 9.11. The van der Waals surface area contributed by atoms with Gasteiger partial charge in [-0.05, 0) is 103 Å². The Kier molecular flexibility index (Phi) is 8.82. The summed E-state index contributed by atoms with van der Waals surface area (Å²) in [4.78, 5) is 26.2. The summed E-state index contributed by atoms with van der Waals surface area (Å²) in [5.41, 5.74) is 7.95. The number of nitrogens with zero attached hydrogens (tertiary/aromatic N) is 5. The van der Waals surface area contributed by atoms with Gasteiger partial charge in [-0.3, -0.25) is 9.30 Å². The zero-order valence-corrected chi connectivity index (χ0v) is 26.2. The lowest BCUT2D eigenvalue weighted by Crippen LogP contribution is -2.54. The second-order valence-corrected chi connectivity index (χ2v) is 13.6. The van der Waals surface area contributed by atoms with Gasteiger partial charge in [0.2, 0.25) is 5.78 Å². The summed E-state index contributed by atoms with van der Waals surface area (Å²) in [6.45, 7) is 8.66. The van der Waals surface area contributed by atoms with Gasteiger partial charge in [0.15, 0.2) is 0 Å². The van der Waals surface area contributed by atoms with Crippen LogP contribution in [0.4, 0.5) is 10.6 Å². The Morgan fingerprint density at radius 3 is 2.59 bits per heavy atom. The van der Waals surface area contributed by atoms with Crippen LogP contribution in [-0.4, -0.2) is 79.0 Å². The molecule has 3 fully saturated rings. The number of fused-ring (bicyclic) bond motifs is 1. The first-order valence-electron chi connectivity index (χ1n) is 16.1. The molecule has 1 amide bonds. The van der Waals surface area contributed by atoms with E-state index in [-0.39, 0.29) is 24.2 Å². The minimum atomic E-state index is -0.499. The molecule has 2 aliphatic heterocycles. The lowest BCUT2D eigenvalue weighted by molar-refractivity contribution is -0.151. The number of amides is 1. The second kappa shape index (κ2) is 12.8. The van der Waals surface area contributed by atoms with Crippen molar-refractivity contribution in [1.82, 2.24) is 24.2 Å². The molecule has 6 rings (SSSR count). The summed E-state index contributed by atoms with van der Waals surface area (Å²) in [6.07, 6.45) is 16.3. The van der Waals surface area contributed by atoms with E-state index in [0.29, 0.717) is 41.4 Å². The van der Waals surface area contributed by atoms with Crippen LogP contribution >= 0.6 is 0 Å². The number of hydrogen-bond donors (Lipinski definition) is 2. The number of phenolic OH excluding ortho intramolecular Hbond substituents is 1. The molecule has 1 atom stereocenters. The van der Waals surface area contributed by atoms with Gasteiger partial charge in [0.25, 0.3) is 0 Å². The van der Waals surface area contributed by atoms with E-state index in [1.54, 1.807) is 17.0 Å². The standard InChI is InChI=1S/C34H46N6O4/c1-34(2,3)44-33(42)40-16-7-6-13-30(40)43-26-19-25(20-26)38-17-14-23(15-18-38)9-8-10-24-21-39-22-28(36-32(39)37-31(24)35)27-11-4-5-12-29(27)41/h4-5,8,10-12,21-23,25-26,30,41H,6-7,9,13-20H2,1-3H3,(H2,35,36,37)/b10-8+. The minimum absolute atomic E-state index is 0.167. The van der Waals surface area contributed by atoms with Gasteiger partial charge in [0.05, 0.1) is 11.8 Å². The fourth-order valence-corrected chi connectivity index (χ4v) is 6.58. The molecule has 3 aromatic rings. The molecule has 0 spiro atoms. The summed E-state index contributed by atoms with van der Waals surface area (Å²) in [5.74, 6) is 1.79. The number of carbonyl (C=O) groups is 1. The number of anilines is 1. The fraction of sp³-hybridized carbons (Fsp3) is 0.559. The molecule has 2 saturated heterocycles. The van der Waals surface area contributed by atoms with Gasteiger partial charge in [0.1, 0.15) is 23.4 Å². The Balaban J connectivity index is 0.955. The van der Waals surface area contributed by atoms with Crippen LogP contribution in [0.5, 0.6) is 5.75 Å². The Morgan fingerprint density at radius 2 is 1.84 bits per heavy atom.